The zero-order chi connectivity index (χ0) is 9.61. The average Bonchev–Trinajstić information content (AvgIpc) is 1.84. The minimum absolute atomic E-state index is 0.466. The van der Waals surface area contributed by atoms with Gasteiger partial charge in [-0.2, -0.15) is 5.10 Å². The maximum Gasteiger partial charge on any atom is 0.428 e. The van der Waals surface area contributed by atoms with Crippen molar-refractivity contribution in [3.8, 4) is 0 Å². The van der Waals surface area contributed by atoms with Gasteiger partial charge >= 0.3 is 6.09 Å². The van der Waals surface area contributed by atoms with E-state index in [-0.39, 0.29) is 0 Å². The first-order chi connectivity index (χ1) is 5.45. The molecule has 0 fully saturated rings. The molecule has 0 spiro atoms. The topological polar surface area (TPSA) is 50.7 Å². The van der Waals surface area contributed by atoms with Crippen LogP contribution in [0.1, 0.15) is 34.1 Å². The number of hydrogen-bond donors (Lipinski definition) is 1. The van der Waals surface area contributed by atoms with Gasteiger partial charge in [-0.05, 0) is 27.2 Å². The van der Waals surface area contributed by atoms with Crippen molar-refractivity contribution in [3.63, 3.8) is 0 Å². The fourth-order valence-corrected chi connectivity index (χ4v) is 0.491. The van der Waals surface area contributed by atoms with E-state index in [2.05, 4.69) is 10.5 Å². The molecule has 0 aromatic carbocycles. The molecule has 0 radical (unpaired) electrons. The molecule has 0 bridgehead atoms. The molecule has 0 saturated heterocycles. The monoisotopic (exact) mass is 172 g/mol. The first kappa shape index (κ1) is 10.9. The minimum atomic E-state index is -0.521. The second-order valence-corrected chi connectivity index (χ2v) is 3.33. The van der Waals surface area contributed by atoms with Crippen molar-refractivity contribution in [3.05, 3.63) is 0 Å². The van der Waals surface area contributed by atoms with Crippen molar-refractivity contribution in [1.82, 2.24) is 5.43 Å². The molecule has 70 valence electrons. The number of hydrogen-bond acceptors (Lipinski definition) is 3. The van der Waals surface area contributed by atoms with E-state index in [0.29, 0.717) is 0 Å². The van der Waals surface area contributed by atoms with E-state index in [4.69, 9.17) is 4.74 Å². The van der Waals surface area contributed by atoms with Gasteiger partial charge in [0.25, 0.3) is 0 Å². The van der Waals surface area contributed by atoms with Gasteiger partial charge in [0.05, 0.1) is 0 Å². The Morgan fingerprint density at radius 2 is 2.17 bits per heavy atom. The number of nitrogens with one attached hydrogen (secondary N) is 1. The summed E-state index contributed by atoms with van der Waals surface area (Å²) in [5.41, 5.74) is 1.78. The number of carbonyl (C=O) groups excluding carboxylic acids is 1. The van der Waals surface area contributed by atoms with Gasteiger partial charge in [0, 0.05) is 6.21 Å². The largest absolute Gasteiger partial charge is 0.443 e. The summed E-state index contributed by atoms with van der Waals surface area (Å²) in [5.74, 6) is 0. The number of carbonyl (C=O) groups is 1. The van der Waals surface area contributed by atoms with E-state index < -0.39 is 11.7 Å². The van der Waals surface area contributed by atoms with Gasteiger partial charge in [-0.25, -0.2) is 10.2 Å². The van der Waals surface area contributed by atoms with Crippen LogP contribution in [0.25, 0.3) is 0 Å². The SMILES string of the molecule is CC/C=N\NC(=O)OC(C)(C)C. The van der Waals surface area contributed by atoms with Gasteiger partial charge in [-0.1, -0.05) is 6.92 Å². The Labute approximate surface area is 73.0 Å². The lowest BCUT2D eigenvalue weighted by molar-refractivity contribution is 0.0529. The molecule has 0 saturated carbocycles. The lowest BCUT2D eigenvalue weighted by Gasteiger charge is -2.18. The molecule has 0 heterocycles. The lowest BCUT2D eigenvalue weighted by Crippen LogP contribution is -2.29. The Morgan fingerprint density at radius 3 is 2.58 bits per heavy atom. The molecule has 0 aliphatic carbocycles. The molecule has 0 aromatic rings. The fourth-order valence-electron chi connectivity index (χ4n) is 0.491. The predicted octanol–water partition coefficient (Wildman–Crippen LogP) is 1.91. The third-order valence-corrected chi connectivity index (χ3v) is 0.829. The first-order valence-electron chi connectivity index (χ1n) is 3.96. The number of nitrogens with zero attached hydrogens (tertiary/aromatic N) is 1. The third-order valence-electron chi connectivity index (χ3n) is 0.829. The zero-order valence-electron chi connectivity index (χ0n) is 8.05. The summed E-state index contributed by atoms with van der Waals surface area (Å²) < 4.78 is 4.92. The van der Waals surface area contributed by atoms with Gasteiger partial charge in [0.2, 0.25) is 0 Å². The number of rotatable bonds is 2. The van der Waals surface area contributed by atoms with Crippen LogP contribution in [0, 0.1) is 0 Å². The van der Waals surface area contributed by atoms with Crippen LogP contribution in [0.2, 0.25) is 0 Å². The van der Waals surface area contributed by atoms with Crippen LogP contribution in [-0.4, -0.2) is 17.9 Å². The summed E-state index contributed by atoms with van der Waals surface area (Å²) in [4.78, 5) is 10.9. The highest BCUT2D eigenvalue weighted by atomic mass is 16.6. The van der Waals surface area contributed by atoms with E-state index in [0.717, 1.165) is 6.42 Å². The maximum atomic E-state index is 10.9. The van der Waals surface area contributed by atoms with Crippen LogP contribution < -0.4 is 5.43 Å². The third kappa shape index (κ3) is 7.05. The summed E-state index contributed by atoms with van der Waals surface area (Å²) >= 11 is 0. The summed E-state index contributed by atoms with van der Waals surface area (Å²) in [6, 6.07) is 0. The van der Waals surface area contributed by atoms with Gasteiger partial charge in [0.1, 0.15) is 5.60 Å². The highest BCUT2D eigenvalue weighted by Crippen LogP contribution is 2.05. The van der Waals surface area contributed by atoms with Crippen molar-refractivity contribution >= 4 is 12.3 Å². The molecule has 0 rings (SSSR count). The molecular weight excluding hydrogens is 156 g/mol. The highest BCUT2D eigenvalue weighted by Gasteiger charge is 2.14. The van der Waals surface area contributed by atoms with E-state index in [9.17, 15) is 4.79 Å². The summed E-state index contributed by atoms with van der Waals surface area (Å²) in [7, 11) is 0. The van der Waals surface area contributed by atoms with Gasteiger partial charge in [-0.15, -0.1) is 0 Å². The molecule has 1 N–H and O–H groups in total. The van der Waals surface area contributed by atoms with Crippen LogP contribution in [0.15, 0.2) is 5.10 Å². The smallest absolute Gasteiger partial charge is 0.428 e. The molecular formula is C8H16N2O2. The average molecular weight is 172 g/mol. The second kappa shape index (κ2) is 4.74. The van der Waals surface area contributed by atoms with Crippen LogP contribution >= 0.6 is 0 Å². The summed E-state index contributed by atoms with van der Waals surface area (Å²) in [5, 5.41) is 3.62. The number of ether oxygens (including phenoxy) is 1. The van der Waals surface area contributed by atoms with E-state index in [1.165, 1.54) is 0 Å². The van der Waals surface area contributed by atoms with E-state index >= 15 is 0 Å². The van der Waals surface area contributed by atoms with E-state index in [1.807, 2.05) is 6.92 Å². The van der Waals surface area contributed by atoms with E-state index in [1.54, 1.807) is 27.0 Å². The number of amides is 1. The van der Waals surface area contributed by atoms with Gasteiger partial charge < -0.3 is 4.74 Å². The summed E-state index contributed by atoms with van der Waals surface area (Å²) in [6.07, 6.45) is 1.87. The second-order valence-electron chi connectivity index (χ2n) is 3.33. The fraction of sp³-hybridized carbons (Fsp3) is 0.750. The number of hydrazone groups is 1. The standard InChI is InChI=1S/C8H16N2O2/c1-5-6-9-10-7(11)12-8(2,3)4/h6H,5H2,1-4H3,(H,10,11)/b9-6-. The van der Waals surface area contributed by atoms with Crippen molar-refractivity contribution in [1.29, 1.82) is 0 Å². The van der Waals surface area contributed by atoms with Crippen molar-refractivity contribution in [2.45, 2.75) is 39.7 Å². The molecule has 0 aromatic heterocycles. The molecule has 0 aliphatic rings. The van der Waals surface area contributed by atoms with Crippen LogP contribution in [0.4, 0.5) is 4.79 Å². The molecule has 0 atom stereocenters. The highest BCUT2D eigenvalue weighted by molar-refractivity contribution is 5.69. The van der Waals surface area contributed by atoms with Crippen LogP contribution in [0.5, 0.6) is 0 Å². The first-order valence-corrected chi connectivity index (χ1v) is 3.96. The van der Waals surface area contributed by atoms with Gasteiger partial charge in [-0.3, -0.25) is 0 Å². The normalized spacial score (nSPS) is 11.7. The Kier molecular flexibility index (Phi) is 4.33. The Hall–Kier alpha value is -1.06. The summed E-state index contributed by atoms with van der Waals surface area (Å²) in [6.45, 7) is 7.34. The zero-order valence-corrected chi connectivity index (χ0v) is 8.05. The molecule has 12 heavy (non-hydrogen) atoms. The Morgan fingerprint density at radius 1 is 1.58 bits per heavy atom. The molecule has 1 amide bonds. The molecule has 4 nitrogen and oxygen atoms in total. The predicted molar refractivity (Wildman–Crippen MR) is 48.2 cm³/mol. The van der Waals surface area contributed by atoms with Crippen molar-refractivity contribution in [2.75, 3.05) is 0 Å². The molecule has 0 unspecified atom stereocenters. The van der Waals surface area contributed by atoms with Crippen LogP contribution in [0.3, 0.4) is 0 Å². The van der Waals surface area contributed by atoms with Crippen molar-refractivity contribution in [2.24, 2.45) is 5.10 Å². The molecule has 0 aliphatic heterocycles. The Bertz CT molecular complexity index is 170. The minimum Gasteiger partial charge on any atom is -0.443 e. The van der Waals surface area contributed by atoms with Crippen LogP contribution in [-0.2, 0) is 4.74 Å². The molecule has 4 heteroatoms. The maximum absolute atomic E-state index is 10.9. The van der Waals surface area contributed by atoms with Gasteiger partial charge in [0.15, 0.2) is 0 Å². The Balaban J connectivity index is 3.68. The quantitative estimate of drug-likeness (QED) is 0.511. The lowest BCUT2D eigenvalue weighted by atomic mass is 10.2. The van der Waals surface area contributed by atoms with Crippen molar-refractivity contribution < 1.29 is 9.53 Å².